The number of nitrogens with zero attached hydrogens (tertiary/aromatic N) is 18. The first-order chi connectivity index (χ1) is 50.6. The third-order valence-corrected chi connectivity index (χ3v) is 27.8. The molecule has 112 heavy (non-hydrogen) atoms. The van der Waals surface area contributed by atoms with Crippen molar-refractivity contribution in [3.05, 3.63) is 0 Å². The predicted octanol–water partition coefficient (Wildman–Crippen LogP) is 15.7. The molecule has 0 aromatic carbocycles. The topological polar surface area (TPSA) is 302 Å². The number of hydrogen-bond acceptors (Lipinski definition) is 28. The second kappa shape index (κ2) is 30.2. The molecule has 8 saturated heterocycles. The Morgan fingerprint density at radius 1 is 0.232 bits per heavy atom. The monoisotopic (exact) mass is 1580 g/mol. The van der Waals surface area contributed by atoms with Crippen LogP contribution in [0.5, 0.6) is 0 Å². The number of piperidine rings is 8. The summed E-state index contributed by atoms with van der Waals surface area (Å²) in [5.74, 6) is 3.06. The fourth-order valence-electron chi connectivity index (χ4n) is 24.0. The third kappa shape index (κ3) is 18.3. The molecule has 0 amide bonds. The minimum atomic E-state index is -0.632. The summed E-state index contributed by atoms with van der Waals surface area (Å²) in [6.45, 7) is 68.5. The first-order valence-electron chi connectivity index (χ1n) is 42.7. The highest BCUT2D eigenvalue weighted by atomic mass is 16.5. The molecule has 8 fully saturated rings. The van der Waals surface area contributed by atoms with E-state index in [4.69, 9.17) is 29.9 Å². The maximum atomic E-state index is 12.1. The molecule has 0 aliphatic carbocycles. The molecule has 10 N–H and O–H groups in total. The molecule has 642 valence electrons. The zero-order valence-electron chi connectivity index (χ0n) is 75.8. The van der Waals surface area contributed by atoms with Crippen LogP contribution in [0.2, 0.25) is 0 Å². The van der Waals surface area contributed by atoms with E-state index in [0.29, 0.717) is 152 Å². The van der Waals surface area contributed by atoms with Gasteiger partial charge >= 0.3 is 0 Å². The maximum Gasteiger partial charge on any atom is 0.232 e. The first-order valence-corrected chi connectivity index (χ1v) is 42.7. The van der Waals surface area contributed by atoms with Crippen molar-refractivity contribution >= 4 is 35.7 Å². The van der Waals surface area contributed by atoms with Crippen LogP contribution in [0.4, 0.5) is 35.7 Å². The molecule has 2 aromatic rings. The van der Waals surface area contributed by atoms with E-state index in [1.54, 1.807) is 10.1 Å². The lowest BCUT2D eigenvalue weighted by Gasteiger charge is -2.58. The number of hydroxylamine groups is 16. The highest BCUT2D eigenvalue weighted by molar-refractivity contribution is 5.51. The summed E-state index contributed by atoms with van der Waals surface area (Å²) >= 11 is 0. The van der Waals surface area contributed by atoms with E-state index in [0.717, 1.165) is 25.7 Å². The fraction of sp³-hybridized carbons (Fsp3) is 0.929. The van der Waals surface area contributed by atoms with Gasteiger partial charge in [0.1, 0.15) is 0 Å². The number of hydrogen-bond donors (Lipinski definition) is 10. The molecule has 2 aromatic heterocycles. The summed E-state index contributed by atoms with van der Waals surface area (Å²) in [4.78, 5) is 43.7. The summed E-state index contributed by atoms with van der Waals surface area (Å²) in [6, 6.07) is -1.07. The molecule has 0 radical (unpaired) electrons. The van der Waals surface area contributed by atoms with E-state index < -0.39 is 88.6 Å². The second-order valence-corrected chi connectivity index (χ2v) is 46.5. The van der Waals surface area contributed by atoms with Crippen LogP contribution in [0.15, 0.2) is 0 Å². The van der Waals surface area contributed by atoms with Crippen molar-refractivity contribution < 1.29 is 41.7 Å². The van der Waals surface area contributed by atoms with Crippen LogP contribution in [-0.2, 0) is 0 Å². The van der Waals surface area contributed by atoms with Gasteiger partial charge in [0.05, 0.1) is 0 Å². The largest absolute Gasteiger partial charge is 0.351 e. The number of aromatic nitrogens is 6. The van der Waals surface area contributed by atoms with Crippen LogP contribution in [0.25, 0.3) is 0 Å². The molecule has 28 heteroatoms. The molecule has 0 atom stereocenters. The quantitative estimate of drug-likeness (QED) is 0.0519. The van der Waals surface area contributed by atoms with Gasteiger partial charge in [-0.25, -0.2) is 0 Å². The Labute approximate surface area is 674 Å². The number of unbranched alkanes of at least 4 members (excludes halogenated alkanes) is 3. The Kier molecular flexibility index (Phi) is 24.4. The lowest BCUT2D eigenvalue weighted by molar-refractivity contribution is -0.251. The minimum Gasteiger partial charge on any atom is -0.351 e. The van der Waals surface area contributed by atoms with Crippen LogP contribution < -0.4 is 30.2 Å². The van der Waals surface area contributed by atoms with Gasteiger partial charge in [0.25, 0.3) is 0 Å². The van der Waals surface area contributed by atoms with Crippen molar-refractivity contribution in [2.45, 2.75) is 487 Å². The van der Waals surface area contributed by atoms with Crippen molar-refractivity contribution in [2.24, 2.45) is 0 Å². The smallest absolute Gasteiger partial charge is 0.232 e. The molecule has 0 saturated carbocycles. The molecule has 28 nitrogen and oxygen atoms in total. The van der Waals surface area contributed by atoms with Gasteiger partial charge in [-0.15, -0.1) is 0 Å². The van der Waals surface area contributed by atoms with Gasteiger partial charge in [-0.05, 0) is 337 Å². The van der Waals surface area contributed by atoms with Crippen molar-refractivity contribution in [1.29, 1.82) is 0 Å². The molecule has 0 unspecified atom stereocenters. The van der Waals surface area contributed by atoms with E-state index in [9.17, 15) is 41.7 Å². The van der Waals surface area contributed by atoms with Crippen LogP contribution in [0.1, 0.15) is 350 Å². The van der Waals surface area contributed by atoms with Crippen molar-refractivity contribution in [3.63, 3.8) is 0 Å². The van der Waals surface area contributed by atoms with Gasteiger partial charge in [0.15, 0.2) is 0 Å². The van der Waals surface area contributed by atoms with Crippen LogP contribution >= 0.6 is 0 Å². The SMILES string of the molecule is CC1(C)CC(Nc2nc(N(CCCCCCN(c3nc(NC4CC(C)(C)N(O)C(C)(C)C4)nc(N(C4CC(C)(C)N(O)C(C)(C)C4)C4CC(C)(C)N(O)C(C)(C)C4)n3)C3CC(C)(C)N(O)C(C)(C)C3)C3CC(C)(C)N(O)C(C)(C)C3)nc(N(C3CC(C)(C)N(O)C(C)(C)C3)C3CC(C)(C)N(O)C(C)(C)C3)n2)CC(C)(C)N1O. The summed E-state index contributed by atoms with van der Waals surface area (Å²) in [5, 5.41) is 115. The Balaban J connectivity index is 1.07. The van der Waals surface area contributed by atoms with E-state index in [2.05, 4.69) is 252 Å². The predicted molar refractivity (Wildman–Crippen MR) is 443 cm³/mol. The molecule has 0 spiro atoms. The van der Waals surface area contributed by atoms with Crippen LogP contribution in [0, 0.1) is 0 Å². The van der Waals surface area contributed by atoms with E-state index >= 15 is 0 Å². The van der Waals surface area contributed by atoms with Crippen molar-refractivity contribution in [3.8, 4) is 0 Å². The highest BCUT2D eigenvalue weighted by Gasteiger charge is 2.58. The fourth-order valence-corrected chi connectivity index (χ4v) is 24.0. The molecular weight excluding hydrogens is 1420 g/mol. The lowest BCUT2D eigenvalue weighted by Crippen LogP contribution is -2.68. The standard InChI is InChI=1S/C84H158N20O8/c1-69(2)39-55(40-70(3,4)97(69)105)85-63-87-65(91-67(89-63)95(59-47-77(17,18)101(109)78(19,20)48-59)60-49-79(21,22)102(110)80(23,24)50-60)93(57-43-73(9,10)99(107)74(11,12)44-57)37-35-33-34-36-38-94(58-45-75(13,14)100(108)76(15,16)46-58)66-88-64(86-56-41-71(5,6)98(106)72(7,8)42-56)90-68(92-66)96(61-51-81(25,26)103(111)82(27,28)52-61)62-53-83(29,30)104(112)84(31,32)54-62/h55-62,105-112H,33-54H2,1-32H3,(H,85,87,89,91)(H,86,88,90,92). The highest BCUT2D eigenvalue weighted by Crippen LogP contribution is 2.51. The Morgan fingerprint density at radius 2 is 0.393 bits per heavy atom. The van der Waals surface area contributed by atoms with Crippen LogP contribution in [0.3, 0.4) is 0 Å². The number of nitrogens with one attached hydrogen (secondary N) is 2. The molecule has 8 aliphatic heterocycles. The minimum absolute atomic E-state index is 0.124. The maximum absolute atomic E-state index is 12.1. The molecule has 10 rings (SSSR count). The van der Waals surface area contributed by atoms with E-state index in [1.807, 2.05) is 0 Å². The Hall–Kier alpha value is -3.82. The lowest BCUT2D eigenvalue weighted by atomic mass is 9.74. The zero-order valence-corrected chi connectivity index (χ0v) is 75.8. The molecule has 10 heterocycles. The Morgan fingerprint density at radius 3 is 0.580 bits per heavy atom. The normalized spacial score (nSPS) is 28.8. The van der Waals surface area contributed by atoms with Gasteiger partial charge in [-0.1, -0.05) is 12.8 Å². The van der Waals surface area contributed by atoms with Gasteiger partial charge in [0.2, 0.25) is 35.7 Å². The summed E-state index contributed by atoms with van der Waals surface area (Å²) in [6.07, 6.45) is 13.1. The van der Waals surface area contributed by atoms with Crippen molar-refractivity contribution in [1.82, 2.24) is 70.4 Å². The zero-order chi connectivity index (χ0) is 84.2. The van der Waals surface area contributed by atoms with Gasteiger partial charge < -0.3 is 71.9 Å². The van der Waals surface area contributed by atoms with E-state index in [1.165, 1.54) is 30.4 Å². The number of rotatable bonds is 21. The average Bonchev–Trinajstić information content (AvgIpc) is 0.731. The third-order valence-electron chi connectivity index (χ3n) is 27.8. The van der Waals surface area contributed by atoms with Crippen LogP contribution in [-0.4, -0.2) is 262 Å². The summed E-state index contributed by atoms with van der Waals surface area (Å²) in [5.41, 5.74) is -9.88. The molecule has 0 bridgehead atoms. The summed E-state index contributed by atoms with van der Waals surface area (Å²) in [7, 11) is 0. The summed E-state index contributed by atoms with van der Waals surface area (Å²) < 4.78 is 0. The molecular formula is C84H158N20O8. The first kappa shape index (κ1) is 90.5. The van der Waals surface area contributed by atoms with Gasteiger partial charge in [-0.2, -0.15) is 70.4 Å². The van der Waals surface area contributed by atoms with Crippen molar-refractivity contribution in [2.75, 3.05) is 43.3 Å². The second-order valence-electron chi connectivity index (χ2n) is 46.5. The van der Waals surface area contributed by atoms with Gasteiger partial charge in [-0.3, -0.25) is 0 Å². The van der Waals surface area contributed by atoms with E-state index in [-0.39, 0.29) is 48.3 Å². The van der Waals surface area contributed by atoms with Gasteiger partial charge in [0, 0.05) is 150 Å². The molecule has 8 aliphatic rings. The Bertz CT molecular complexity index is 3160. The average molecular weight is 1580 g/mol. The number of anilines is 6.